The lowest BCUT2D eigenvalue weighted by Gasteiger charge is -2.07. The Balaban J connectivity index is 1.94. The van der Waals surface area contributed by atoms with Crippen LogP contribution in [0.1, 0.15) is 25.7 Å². The molecule has 0 amide bonds. The topological polar surface area (TPSA) is 38.1 Å². The molecule has 0 unspecified atom stereocenters. The maximum Gasteiger partial charge on any atom is 0.295 e. The van der Waals surface area contributed by atoms with Crippen molar-refractivity contribution in [1.82, 2.24) is 4.98 Å². The molecule has 3 nitrogen and oxygen atoms in total. The maximum absolute atomic E-state index is 5.16. The van der Waals surface area contributed by atoms with Gasteiger partial charge in [0.25, 0.3) is 6.01 Å². The summed E-state index contributed by atoms with van der Waals surface area (Å²) in [6.45, 7) is 0. The van der Waals surface area contributed by atoms with Gasteiger partial charge in [0.15, 0.2) is 0 Å². The molecule has 66 valence electrons. The number of aromatic nitrogens is 1. The lowest BCUT2D eigenvalue weighted by molar-refractivity contribution is 0.556. The number of anilines is 1. The van der Waals surface area contributed by atoms with Gasteiger partial charge in [0.05, 0.1) is 0 Å². The van der Waals surface area contributed by atoms with Crippen LogP contribution in [0.3, 0.4) is 0 Å². The van der Waals surface area contributed by atoms with E-state index in [0.29, 0.717) is 12.1 Å². The molecular weight excluding hydrogens is 220 g/mol. The van der Waals surface area contributed by atoms with Crippen molar-refractivity contribution in [3.05, 3.63) is 10.9 Å². The first kappa shape index (κ1) is 8.10. The molecule has 0 spiro atoms. The Labute approximate surface area is 79.7 Å². The molecule has 0 radical (unpaired) electrons. The van der Waals surface area contributed by atoms with E-state index < -0.39 is 0 Å². The van der Waals surface area contributed by atoms with Crippen LogP contribution in [0.25, 0.3) is 0 Å². The zero-order valence-electron chi connectivity index (χ0n) is 6.72. The summed E-state index contributed by atoms with van der Waals surface area (Å²) in [6.07, 6.45) is 6.70. The van der Waals surface area contributed by atoms with Gasteiger partial charge in [-0.2, -0.15) is 4.98 Å². The molecule has 0 saturated heterocycles. The predicted octanol–water partition coefficient (Wildman–Crippen LogP) is 2.79. The van der Waals surface area contributed by atoms with E-state index in [2.05, 4.69) is 26.2 Å². The molecule has 1 N–H and O–H groups in total. The van der Waals surface area contributed by atoms with Crippen LogP contribution in [0.2, 0.25) is 0 Å². The summed E-state index contributed by atoms with van der Waals surface area (Å²) in [5.74, 6) is 0. The molecule has 0 bridgehead atoms. The highest BCUT2D eigenvalue weighted by atomic mass is 79.9. The molecule has 1 heterocycles. The molecule has 1 aliphatic rings. The molecule has 1 saturated carbocycles. The minimum Gasteiger partial charge on any atom is -0.431 e. The summed E-state index contributed by atoms with van der Waals surface area (Å²) in [6, 6.07) is 1.20. The van der Waals surface area contributed by atoms with Crippen LogP contribution in [0.5, 0.6) is 0 Å². The summed E-state index contributed by atoms with van der Waals surface area (Å²) in [7, 11) is 0. The molecule has 2 rings (SSSR count). The van der Waals surface area contributed by atoms with E-state index in [1.54, 1.807) is 6.26 Å². The van der Waals surface area contributed by atoms with E-state index >= 15 is 0 Å². The first-order valence-corrected chi connectivity index (χ1v) is 5.01. The third-order valence-electron chi connectivity index (χ3n) is 2.16. The van der Waals surface area contributed by atoms with E-state index in [-0.39, 0.29) is 0 Å². The second-order valence-corrected chi connectivity index (χ2v) is 3.91. The van der Waals surface area contributed by atoms with Crippen molar-refractivity contribution >= 4 is 21.9 Å². The van der Waals surface area contributed by atoms with Gasteiger partial charge >= 0.3 is 0 Å². The number of rotatable bonds is 2. The summed E-state index contributed by atoms with van der Waals surface area (Å²) in [5.41, 5.74) is 0. The number of nitrogens with one attached hydrogen (secondary N) is 1. The van der Waals surface area contributed by atoms with E-state index in [1.807, 2.05) is 0 Å². The fourth-order valence-corrected chi connectivity index (χ4v) is 1.82. The summed E-state index contributed by atoms with van der Waals surface area (Å²) < 4.78 is 5.91. The number of hydrogen-bond acceptors (Lipinski definition) is 3. The molecule has 1 aromatic heterocycles. The van der Waals surface area contributed by atoms with Crippen molar-refractivity contribution in [2.24, 2.45) is 0 Å². The fourth-order valence-electron chi connectivity index (χ4n) is 1.57. The Morgan fingerprint density at radius 3 is 2.83 bits per heavy atom. The SMILES string of the molecule is Brc1coc(NC2CCCC2)n1. The average molecular weight is 231 g/mol. The van der Waals surface area contributed by atoms with E-state index in [9.17, 15) is 0 Å². The maximum atomic E-state index is 5.16. The van der Waals surface area contributed by atoms with Crippen molar-refractivity contribution in [2.75, 3.05) is 5.32 Å². The molecule has 1 aliphatic carbocycles. The Kier molecular flexibility index (Phi) is 2.35. The van der Waals surface area contributed by atoms with Gasteiger partial charge < -0.3 is 9.73 Å². The first-order valence-electron chi connectivity index (χ1n) is 4.22. The molecule has 0 aromatic carbocycles. The lowest BCUT2D eigenvalue weighted by atomic mass is 10.3. The summed E-state index contributed by atoms with van der Waals surface area (Å²) in [4.78, 5) is 4.11. The average Bonchev–Trinajstić information content (AvgIpc) is 2.63. The van der Waals surface area contributed by atoms with Crippen LogP contribution in [0, 0.1) is 0 Å². The van der Waals surface area contributed by atoms with Gasteiger partial charge in [-0.1, -0.05) is 12.8 Å². The molecule has 0 atom stereocenters. The van der Waals surface area contributed by atoms with Crippen molar-refractivity contribution in [3.63, 3.8) is 0 Å². The first-order chi connectivity index (χ1) is 5.84. The van der Waals surface area contributed by atoms with Crippen LogP contribution >= 0.6 is 15.9 Å². The minimum atomic E-state index is 0.565. The van der Waals surface area contributed by atoms with Gasteiger partial charge in [0.2, 0.25) is 0 Å². The van der Waals surface area contributed by atoms with Crippen LogP contribution in [-0.2, 0) is 0 Å². The van der Waals surface area contributed by atoms with Crippen LogP contribution < -0.4 is 5.32 Å². The van der Waals surface area contributed by atoms with Crippen LogP contribution in [0.4, 0.5) is 6.01 Å². The number of oxazole rings is 1. The highest BCUT2D eigenvalue weighted by molar-refractivity contribution is 9.10. The van der Waals surface area contributed by atoms with Crippen LogP contribution in [0.15, 0.2) is 15.3 Å². The monoisotopic (exact) mass is 230 g/mol. The Hall–Kier alpha value is -0.510. The fraction of sp³-hybridized carbons (Fsp3) is 0.625. The zero-order chi connectivity index (χ0) is 8.39. The molecule has 12 heavy (non-hydrogen) atoms. The summed E-state index contributed by atoms with van der Waals surface area (Å²) in [5, 5.41) is 3.25. The molecule has 1 fully saturated rings. The largest absolute Gasteiger partial charge is 0.431 e. The van der Waals surface area contributed by atoms with Gasteiger partial charge in [-0.3, -0.25) is 0 Å². The smallest absolute Gasteiger partial charge is 0.295 e. The normalized spacial score (nSPS) is 18.4. The van der Waals surface area contributed by atoms with E-state index in [4.69, 9.17) is 4.42 Å². The predicted molar refractivity (Wildman–Crippen MR) is 50.1 cm³/mol. The van der Waals surface area contributed by atoms with Crippen LogP contribution in [-0.4, -0.2) is 11.0 Å². The van der Waals surface area contributed by atoms with Gasteiger partial charge in [0.1, 0.15) is 10.9 Å². The number of hydrogen-bond donors (Lipinski definition) is 1. The third-order valence-corrected chi connectivity index (χ3v) is 2.52. The van der Waals surface area contributed by atoms with Gasteiger partial charge in [-0.25, -0.2) is 0 Å². The standard InChI is InChI=1S/C8H11BrN2O/c9-7-5-12-8(11-7)10-6-3-1-2-4-6/h5-6H,1-4H2,(H,10,11). The summed E-state index contributed by atoms with van der Waals surface area (Å²) >= 11 is 3.24. The number of nitrogens with zero attached hydrogens (tertiary/aromatic N) is 1. The second kappa shape index (κ2) is 3.47. The van der Waals surface area contributed by atoms with Crippen molar-refractivity contribution in [3.8, 4) is 0 Å². The van der Waals surface area contributed by atoms with Crippen molar-refractivity contribution in [2.45, 2.75) is 31.7 Å². The minimum absolute atomic E-state index is 0.565. The van der Waals surface area contributed by atoms with Crippen molar-refractivity contribution in [1.29, 1.82) is 0 Å². The third kappa shape index (κ3) is 1.80. The zero-order valence-corrected chi connectivity index (χ0v) is 8.30. The quantitative estimate of drug-likeness (QED) is 0.850. The Morgan fingerprint density at radius 2 is 2.25 bits per heavy atom. The molecule has 0 aliphatic heterocycles. The van der Waals surface area contributed by atoms with E-state index in [0.717, 1.165) is 4.60 Å². The molecular formula is C8H11BrN2O. The van der Waals surface area contributed by atoms with Gasteiger partial charge in [-0.15, -0.1) is 0 Å². The lowest BCUT2D eigenvalue weighted by Crippen LogP contribution is -2.14. The number of halogens is 1. The van der Waals surface area contributed by atoms with Gasteiger partial charge in [0, 0.05) is 6.04 Å². The van der Waals surface area contributed by atoms with E-state index in [1.165, 1.54) is 25.7 Å². The second-order valence-electron chi connectivity index (χ2n) is 3.10. The highest BCUT2D eigenvalue weighted by Crippen LogP contribution is 2.22. The Bertz CT molecular complexity index is 255. The molecule has 1 aromatic rings. The van der Waals surface area contributed by atoms with Gasteiger partial charge in [-0.05, 0) is 28.8 Å². The molecule has 4 heteroatoms. The Morgan fingerprint density at radius 1 is 1.50 bits per heavy atom. The van der Waals surface area contributed by atoms with Crippen molar-refractivity contribution < 1.29 is 4.42 Å². The highest BCUT2D eigenvalue weighted by Gasteiger charge is 2.16.